The number of pyridine rings is 1. The van der Waals surface area contributed by atoms with E-state index in [-0.39, 0.29) is 5.56 Å². The van der Waals surface area contributed by atoms with Crippen molar-refractivity contribution in [2.75, 3.05) is 0 Å². The predicted molar refractivity (Wildman–Crippen MR) is 79.8 cm³/mol. The van der Waals surface area contributed by atoms with E-state index in [4.69, 9.17) is 23.2 Å². The van der Waals surface area contributed by atoms with E-state index >= 15 is 0 Å². The van der Waals surface area contributed by atoms with Crippen molar-refractivity contribution in [3.63, 3.8) is 0 Å². The third kappa shape index (κ3) is 2.44. The van der Waals surface area contributed by atoms with Crippen LogP contribution in [0.2, 0.25) is 10.0 Å². The van der Waals surface area contributed by atoms with Gasteiger partial charge in [-0.3, -0.25) is 4.79 Å². The quantitative estimate of drug-likeness (QED) is 0.837. The molecule has 94 valence electrons. The number of halogens is 2. The third-order valence-corrected chi connectivity index (χ3v) is 3.65. The van der Waals surface area contributed by atoms with Gasteiger partial charge in [0.15, 0.2) is 0 Å². The molecule has 0 aliphatic carbocycles. The molecule has 0 spiro atoms. The van der Waals surface area contributed by atoms with Crippen LogP contribution < -0.4 is 5.56 Å². The fourth-order valence-corrected chi connectivity index (χ4v) is 2.52. The van der Waals surface area contributed by atoms with E-state index in [1.165, 1.54) is 0 Å². The van der Waals surface area contributed by atoms with Gasteiger partial charge in [0.05, 0.1) is 10.7 Å². The molecule has 0 fully saturated rings. The topological polar surface area (TPSA) is 22.0 Å². The predicted octanol–water partition coefficient (Wildman–Crippen LogP) is 3.79. The van der Waals surface area contributed by atoms with Crippen LogP contribution in [-0.2, 0) is 12.8 Å². The van der Waals surface area contributed by atoms with E-state index in [0.717, 1.165) is 11.3 Å². The highest BCUT2D eigenvalue weighted by Gasteiger charge is 2.10. The number of nitrogens with zero attached hydrogens (tertiary/aromatic N) is 1. The standard InChI is InChI=1S/C13H11Cl2NOS/c1-16-12(5-2-8(7-18)13(16)17)10-4-3-9(14)6-11(10)15/h2-6,18H,7H2,1H3. The van der Waals surface area contributed by atoms with Gasteiger partial charge >= 0.3 is 0 Å². The zero-order valence-corrected chi connectivity index (χ0v) is 12.1. The number of aromatic nitrogens is 1. The average molecular weight is 300 g/mol. The molecule has 0 N–H and O–H groups in total. The summed E-state index contributed by atoms with van der Waals surface area (Å²) >= 11 is 16.1. The van der Waals surface area contributed by atoms with Crippen molar-refractivity contribution in [2.24, 2.45) is 7.05 Å². The highest BCUT2D eigenvalue weighted by molar-refractivity contribution is 7.79. The molecule has 2 aromatic rings. The van der Waals surface area contributed by atoms with E-state index in [9.17, 15) is 4.79 Å². The molecule has 0 atom stereocenters. The molecule has 18 heavy (non-hydrogen) atoms. The van der Waals surface area contributed by atoms with Gasteiger partial charge in [0, 0.05) is 29.0 Å². The van der Waals surface area contributed by atoms with Crippen LogP contribution in [0.25, 0.3) is 11.3 Å². The zero-order valence-electron chi connectivity index (χ0n) is 9.65. The average Bonchev–Trinajstić information content (AvgIpc) is 2.34. The minimum absolute atomic E-state index is 0.0616. The molecular formula is C13H11Cl2NOS. The first-order valence-corrected chi connectivity index (χ1v) is 6.68. The van der Waals surface area contributed by atoms with Gasteiger partial charge in [0.1, 0.15) is 0 Å². The normalized spacial score (nSPS) is 10.7. The van der Waals surface area contributed by atoms with Gasteiger partial charge in [-0.25, -0.2) is 0 Å². The molecule has 0 aliphatic heterocycles. The maximum atomic E-state index is 12.0. The molecule has 5 heteroatoms. The van der Waals surface area contributed by atoms with Crippen LogP contribution in [0.1, 0.15) is 5.56 Å². The lowest BCUT2D eigenvalue weighted by atomic mass is 10.1. The lowest BCUT2D eigenvalue weighted by molar-refractivity contribution is 0.857. The largest absolute Gasteiger partial charge is 0.311 e. The van der Waals surface area contributed by atoms with Crippen molar-refractivity contribution in [1.82, 2.24) is 4.57 Å². The first kappa shape index (κ1) is 13.5. The maximum absolute atomic E-state index is 12.0. The highest BCUT2D eigenvalue weighted by Crippen LogP contribution is 2.29. The second-order valence-corrected chi connectivity index (χ2v) is 5.05. The van der Waals surface area contributed by atoms with Crippen molar-refractivity contribution in [1.29, 1.82) is 0 Å². The highest BCUT2D eigenvalue weighted by atomic mass is 35.5. The van der Waals surface area contributed by atoms with Gasteiger partial charge in [-0.15, -0.1) is 0 Å². The van der Waals surface area contributed by atoms with Crippen molar-refractivity contribution < 1.29 is 0 Å². The SMILES string of the molecule is Cn1c(-c2ccc(Cl)cc2Cl)ccc(CS)c1=O. The molecule has 2 nitrogen and oxygen atoms in total. The Morgan fingerprint density at radius 2 is 1.94 bits per heavy atom. The van der Waals surface area contributed by atoms with Crippen molar-refractivity contribution in [3.05, 3.63) is 56.3 Å². The number of rotatable bonds is 2. The van der Waals surface area contributed by atoms with Crippen molar-refractivity contribution >= 4 is 35.8 Å². The molecule has 0 unspecified atom stereocenters. The minimum atomic E-state index is -0.0616. The summed E-state index contributed by atoms with van der Waals surface area (Å²) in [6, 6.07) is 8.85. The number of benzene rings is 1. The van der Waals surface area contributed by atoms with Crippen LogP contribution in [0, 0.1) is 0 Å². The summed E-state index contributed by atoms with van der Waals surface area (Å²) in [6.45, 7) is 0. The van der Waals surface area contributed by atoms with Gasteiger partial charge in [0.2, 0.25) is 0 Å². The Kier molecular flexibility index (Phi) is 4.05. The molecule has 0 aliphatic rings. The summed E-state index contributed by atoms with van der Waals surface area (Å²) in [5, 5.41) is 1.09. The first-order valence-electron chi connectivity index (χ1n) is 5.30. The van der Waals surface area contributed by atoms with Crippen LogP contribution in [-0.4, -0.2) is 4.57 Å². The second-order valence-electron chi connectivity index (χ2n) is 3.89. The van der Waals surface area contributed by atoms with Crippen LogP contribution in [0.4, 0.5) is 0 Å². The lowest BCUT2D eigenvalue weighted by Crippen LogP contribution is -2.21. The number of thiol groups is 1. The Labute approximate surface area is 121 Å². The monoisotopic (exact) mass is 299 g/mol. The van der Waals surface area contributed by atoms with Gasteiger partial charge in [-0.05, 0) is 24.3 Å². The van der Waals surface area contributed by atoms with Crippen molar-refractivity contribution in [3.8, 4) is 11.3 Å². The maximum Gasteiger partial charge on any atom is 0.254 e. The van der Waals surface area contributed by atoms with Gasteiger partial charge < -0.3 is 4.57 Å². The van der Waals surface area contributed by atoms with Crippen molar-refractivity contribution in [2.45, 2.75) is 5.75 Å². The van der Waals surface area contributed by atoms with E-state index in [1.807, 2.05) is 6.07 Å². The van der Waals surface area contributed by atoms with E-state index in [1.54, 1.807) is 35.9 Å². The molecule has 0 radical (unpaired) electrons. The van der Waals surface area contributed by atoms with E-state index in [2.05, 4.69) is 12.6 Å². The third-order valence-electron chi connectivity index (χ3n) is 2.76. The number of hydrogen-bond donors (Lipinski definition) is 1. The van der Waals surface area contributed by atoms with Crippen LogP contribution in [0.15, 0.2) is 35.1 Å². The molecule has 0 bridgehead atoms. The van der Waals surface area contributed by atoms with Crippen LogP contribution in [0.3, 0.4) is 0 Å². The molecular weight excluding hydrogens is 289 g/mol. The summed E-state index contributed by atoms with van der Waals surface area (Å²) < 4.78 is 1.57. The Hall–Kier alpha value is -0.900. The van der Waals surface area contributed by atoms with Crippen LogP contribution >= 0.6 is 35.8 Å². The lowest BCUT2D eigenvalue weighted by Gasteiger charge is -2.11. The summed E-state index contributed by atoms with van der Waals surface area (Å²) in [7, 11) is 1.72. The van der Waals surface area contributed by atoms with Crippen LogP contribution in [0.5, 0.6) is 0 Å². The first-order chi connectivity index (χ1) is 8.54. The second kappa shape index (κ2) is 5.39. The molecule has 0 amide bonds. The molecule has 1 aromatic carbocycles. The summed E-state index contributed by atoms with van der Waals surface area (Å²) in [6.07, 6.45) is 0. The Bertz CT molecular complexity index is 652. The van der Waals surface area contributed by atoms with Gasteiger partial charge in [-0.1, -0.05) is 29.3 Å². The van der Waals surface area contributed by atoms with E-state index in [0.29, 0.717) is 21.4 Å². The summed E-state index contributed by atoms with van der Waals surface area (Å²) in [4.78, 5) is 12.0. The fraction of sp³-hybridized carbons (Fsp3) is 0.154. The fourth-order valence-electron chi connectivity index (χ4n) is 1.78. The smallest absolute Gasteiger partial charge is 0.254 e. The molecule has 0 saturated heterocycles. The Morgan fingerprint density at radius 3 is 2.56 bits per heavy atom. The van der Waals surface area contributed by atoms with Gasteiger partial charge in [-0.2, -0.15) is 12.6 Å². The molecule has 1 aromatic heterocycles. The summed E-state index contributed by atoms with van der Waals surface area (Å²) in [5.74, 6) is 0.418. The Morgan fingerprint density at radius 1 is 1.22 bits per heavy atom. The molecule has 0 saturated carbocycles. The van der Waals surface area contributed by atoms with E-state index < -0.39 is 0 Å². The molecule has 2 rings (SSSR count). The number of hydrogen-bond acceptors (Lipinski definition) is 2. The summed E-state index contributed by atoms with van der Waals surface area (Å²) in [5.41, 5.74) is 2.14. The minimum Gasteiger partial charge on any atom is -0.311 e. The molecule has 1 heterocycles. The Balaban J connectivity index is 2.65. The van der Waals surface area contributed by atoms with Gasteiger partial charge in [0.25, 0.3) is 5.56 Å². The zero-order chi connectivity index (χ0) is 13.3.